The van der Waals surface area contributed by atoms with Crippen LogP contribution in [0.15, 0.2) is 194 Å². The lowest BCUT2D eigenvalue weighted by Crippen LogP contribution is -2.03. The van der Waals surface area contributed by atoms with E-state index in [1.807, 2.05) is 91.0 Å². The molecule has 0 amide bonds. The van der Waals surface area contributed by atoms with Gasteiger partial charge in [0.2, 0.25) is 0 Å². The maximum Gasteiger partial charge on any atom is 0.164 e. The Morgan fingerprint density at radius 3 is 1.21 bits per heavy atom. The number of fused-ring (bicyclic) bond motifs is 1. The summed E-state index contributed by atoms with van der Waals surface area (Å²) in [5, 5.41) is 2.36. The Balaban J connectivity index is 1.04. The molecule has 0 radical (unpaired) electrons. The summed E-state index contributed by atoms with van der Waals surface area (Å²) in [6, 6.07) is 60.4. The van der Waals surface area contributed by atoms with E-state index < -0.39 is 0 Å². The van der Waals surface area contributed by atoms with Gasteiger partial charge in [0.1, 0.15) is 0 Å². The zero-order chi connectivity index (χ0) is 38.7. The second-order valence-electron chi connectivity index (χ2n) is 14.2. The van der Waals surface area contributed by atoms with Gasteiger partial charge in [-0.1, -0.05) is 194 Å². The summed E-state index contributed by atoms with van der Waals surface area (Å²) in [5.41, 5.74) is 10.2. The molecule has 2 aromatic heterocycles. The van der Waals surface area contributed by atoms with E-state index in [1.165, 1.54) is 10.8 Å². The average molecular weight is 745 g/mol. The van der Waals surface area contributed by atoms with Gasteiger partial charge in [-0.05, 0) is 45.9 Å². The Labute approximate surface area is 337 Å². The molecule has 9 aromatic rings. The first kappa shape index (κ1) is 34.8. The average Bonchev–Trinajstić information content (AvgIpc) is 3.32. The van der Waals surface area contributed by atoms with Crippen molar-refractivity contribution in [1.82, 2.24) is 29.9 Å². The largest absolute Gasteiger partial charge is 0.208 e. The van der Waals surface area contributed by atoms with Gasteiger partial charge in [0.25, 0.3) is 0 Å². The van der Waals surface area contributed by atoms with E-state index in [0.29, 0.717) is 34.9 Å². The highest BCUT2D eigenvalue weighted by molar-refractivity contribution is 6.04. The molecule has 1 aliphatic rings. The minimum Gasteiger partial charge on any atom is -0.208 e. The molecule has 0 bridgehead atoms. The first-order valence-corrected chi connectivity index (χ1v) is 19.5. The lowest BCUT2D eigenvalue weighted by molar-refractivity contribution is 1.01. The summed E-state index contributed by atoms with van der Waals surface area (Å²) < 4.78 is 0. The molecular formula is C52H36N6. The number of allylic oxidation sites excluding steroid dienone is 4. The molecule has 10 rings (SSSR count). The van der Waals surface area contributed by atoms with Gasteiger partial charge in [0.05, 0.1) is 0 Å². The number of nitrogens with zero attached hydrogens (tertiary/aromatic N) is 6. The molecule has 2 heterocycles. The van der Waals surface area contributed by atoms with Crippen LogP contribution < -0.4 is 0 Å². The number of aromatic nitrogens is 6. The molecule has 0 spiro atoms. The minimum absolute atomic E-state index is 0.626. The van der Waals surface area contributed by atoms with Crippen molar-refractivity contribution in [1.29, 1.82) is 0 Å². The molecule has 0 atom stereocenters. The third kappa shape index (κ3) is 6.99. The summed E-state index contributed by atoms with van der Waals surface area (Å²) in [6.07, 6.45) is 8.50. The van der Waals surface area contributed by atoms with Crippen molar-refractivity contribution in [2.45, 2.75) is 12.8 Å². The number of benzene rings is 7. The molecule has 0 aliphatic heterocycles. The van der Waals surface area contributed by atoms with Gasteiger partial charge in [-0.2, -0.15) is 0 Å². The molecular weight excluding hydrogens is 709 g/mol. The van der Waals surface area contributed by atoms with Gasteiger partial charge < -0.3 is 0 Å². The summed E-state index contributed by atoms with van der Waals surface area (Å²) in [5.74, 6) is 3.90. The second kappa shape index (κ2) is 15.4. The fourth-order valence-corrected chi connectivity index (χ4v) is 7.48. The first-order valence-electron chi connectivity index (χ1n) is 19.5. The Kier molecular flexibility index (Phi) is 9.26. The van der Waals surface area contributed by atoms with Crippen molar-refractivity contribution in [3.63, 3.8) is 0 Å². The molecule has 274 valence electrons. The normalized spacial score (nSPS) is 12.4. The topological polar surface area (TPSA) is 77.3 Å². The highest BCUT2D eigenvalue weighted by atomic mass is 15.0. The molecule has 0 fully saturated rings. The van der Waals surface area contributed by atoms with Crippen molar-refractivity contribution in [3.05, 3.63) is 200 Å². The SMILES string of the molecule is C1=CC(c2nc(-c3ccccc3)nc(-c3ccc(-c4c(-c5ccc(-c6nc(-c7ccccc7)nc(-c7ccccc7)n6)cc5)ccc5ccccc45)cc3)n2)=CCC1. The van der Waals surface area contributed by atoms with Crippen LogP contribution in [0.4, 0.5) is 0 Å². The van der Waals surface area contributed by atoms with E-state index in [0.717, 1.165) is 68.5 Å². The van der Waals surface area contributed by atoms with Crippen molar-refractivity contribution < 1.29 is 0 Å². The van der Waals surface area contributed by atoms with Crippen molar-refractivity contribution in [2.75, 3.05) is 0 Å². The Morgan fingerprint density at radius 1 is 0.310 bits per heavy atom. The van der Waals surface area contributed by atoms with Gasteiger partial charge in [-0.25, -0.2) is 29.9 Å². The zero-order valence-corrected chi connectivity index (χ0v) is 31.6. The van der Waals surface area contributed by atoms with Crippen LogP contribution in [0.1, 0.15) is 18.7 Å². The van der Waals surface area contributed by atoms with Crippen LogP contribution in [0.3, 0.4) is 0 Å². The molecule has 6 heteroatoms. The molecule has 6 nitrogen and oxygen atoms in total. The predicted molar refractivity (Wildman–Crippen MR) is 235 cm³/mol. The highest BCUT2D eigenvalue weighted by Crippen LogP contribution is 2.39. The molecule has 0 N–H and O–H groups in total. The van der Waals surface area contributed by atoms with Crippen LogP contribution in [0.2, 0.25) is 0 Å². The summed E-state index contributed by atoms with van der Waals surface area (Å²) in [4.78, 5) is 29.7. The smallest absolute Gasteiger partial charge is 0.164 e. The summed E-state index contributed by atoms with van der Waals surface area (Å²) >= 11 is 0. The van der Waals surface area contributed by atoms with Crippen LogP contribution in [-0.2, 0) is 0 Å². The molecule has 0 saturated carbocycles. The van der Waals surface area contributed by atoms with E-state index in [1.54, 1.807) is 0 Å². The number of hydrogen-bond donors (Lipinski definition) is 0. The molecule has 0 saturated heterocycles. The molecule has 7 aromatic carbocycles. The van der Waals surface area contributed by atoms with E-state index in [-0.39, 0.29) is 0 Å². The minimum atomic E-state index is 0.626. The van der Waals surface area contributed by atoms with Crippen LogP contribution in [-0.4, -0.2) is 29.9 Å². The standard InChI is InChI=1S/C52H36N6/c1-5-16-38(17-6-1)47-53-48(39-18-7-2-8-19-39)56-51(55-47)42-29-25-36(26-30-42)45-34-33-35-15-13-14-24-44(35)46(45)37-27-31-43(32-28-37)52-57-49(40-20-9-3-10-21-40)54-50(58-52)41-22-11-4-12-23-41/h1-3,5-11,13-34H,4,12H2. The Morgan fingerprint density at radius 2 is 0.724 bits per heavy atom. The quantitative estimate of drug-likeness (QED) is 0.154. The predicted octanol–water partition coefficient (Wildman–Crippen LogP) is 12.6. The van der Waals surface area contributed by atoms with Crippen LogP contribution >= 0.6 is 0 Å². The fourth-order valence-electron chi connectivity index (χ4n) is 7.48. The van der Waals surface area contributed by atoms with Crippen molar-refractivity contribution >= 4 is 16.3 Å². The van der Waals surface area contributed by atoms with Gasteiger partial charge in [-0.15, -0.1) is 0 Å². The van der Waals surface area contributed by atoms with Crippen LogP contribution in [0.5, 0.6) is 0 Å². The second-order valence-corrected chi connectivity index (χ2v) is 14.2. The lowest BCUT2D eigenvalue weighted by atomic mass is 9.89. The lowest BCUT2D eigenvalue weighted by Gasteiger charge is -2.15. The van der Waals surface area contributed by atoms with E-state index in [9.17, 15) is 0 Å². The zero-order valence-electron chi connectivity index (χ0n) is 31.6. The highest BCUT2D eigenvalue weighted by Gasteiger charge is 2.17. The maximum atomic E-state index is 4.99. The third-order valence-electron chi connectivity index (χ3n) is 10.4. The summed E-state index contributed by atoms with van der Waals surface area (Å²) in [7, 11) is 0. The third-order valence-corrected chi connectivity index (χ3v) is 10.4. The molecule has 0 unspecified atom stereocenters. The van der Waals surface area contributed by atoms with E-state index >= 15 is 0 Å². The molecule has 58 heavy (non-hydrogen) atoms. The van der Waals surface area contributed by atoms with E-state index in [4.69, 9.17) is 29.9 Å². The number of hydrogen-bond acceptors (Lipinski definition) is 6. The van der Waals surface area contributed by atoms with Gasteiger partial charge in [0, 0.05) is 33.4 Å². The van der Waals surface area contributed by atoms with Gasteiger partial charge in [0.15, 0.2) is 34.9 Å². The molecule has 1 aliphatic carbocycles. The Bertz CT molecular complexity index is 2900. The fraction of sp³-hybridized carbons (Fsp3) is 0.0385. The van der Waals surface area contributed by atoms with Crippen LogP contribution in [0.25, 0.3) is 95.5 Å². The Hall–Kier alpha value is -7.70. The van der Waals surface area contributed by atoms with Crippen molar-refractivity contribution in [2.24, 2.45) is 0 Å². The van der Waals surface area contributed by atoms with Crippen molar-refractivity contribution in [3.8, 4) is 79.2 Å². The first-order chi connectivity index (χ1) is 28.7. The maximum absolute atomic E-state index is 4.99. The van der Waals surface area contributed by atoms with E-state index in [2.05, 4.69) is 103 Å². The summed E-state index contributed by atoms with van der Waals surface area (Å²) in [6.45, 7) is 0. The van der Waals surface area contributed by atoms with Gasteiger partial charge >= 0.3 is 0 Å². The monoisotopic (exact) mass is 744 g/mol. The van der Waals surface area contributed by atoms with Crippen LogP contribution in [0, 0.1) is 0 Å². The number of rotatable bonds is 8. The van der Waals surface area contributed by atoms with Gasteiger partial charge in [-0.3, -0.25) is 0 Å².